The summed E-state index contributed by atoms with van der Waals surface area (Å²) in [6.07, 6.45) is -0.00571. The van der Waals surface area contributed by atoms with Crippen LogP contribution < -0.4 is 0 Å². The average Bonchev–Trinajstić information content (AvgIpc) is 2.76. The van der Waals surface area contributed by atoms with E-state index in [0.29, 0.717) is 6.42 Å². The number of nitrogens with zero attached hydrogens (tertiary/aromatic N) is 2. The lowest BCUT2D eigenvalue weighted by atomic mass is 10.0. The van der Waals surface area contributed by atoms with Gasteiger partial charge < -0.3 is 5.11 Å². The molecule has 0 radical (unpaired) electrons. The normalized spacial score (nSPS) is 12.8. The maximum atomic E-state index is 10.6. The SMILES string of the molecule is Cc1cc(C(O)Cc2nc(C)c(C)s2)c2ccccc2n1. The molecule has 108 valence electrons. The number of fused-ring (bicyclic) bond motifs is 1. The molecule has 0 spiro atoms. The van der Waals surface area contributed by atoms with Gasteiger partial charge in [-0.05, 0) is 38.5 Å². The lowest BCUT2D eigenvalue weighted by molar-refractivity contribution is 0.179. The van der Waals surface area contributed by atoms with Gasteiger partial charge in [0.25, 0.3) is 0 Å². The standard InChI is InChI=1S/C17H18N2OS/c1-10-8-14(13-6-4-5-7-15(13)18-10)16(20)9-17-19-11(2)12(3)21-17/h4-8,16,20H,9H2,1-3H3. The van der Waals surface area contributed by atoms with Gasteiger partial charge in [0.1, 0.15) is 0 Å². The molecule has 0 aliphatic carbocycles. The zero-order valence-electron chi connectivity index (χ0n) is 12.4. The van der Waals surface area contributed by atoms with Crippen LogP contribution in [-0.4, -0.2) is 15.1 Å². The summed E-state index contributed by atoms with van der Waals surface area (Å²) in [5.74, 6) is 0. The van der Waals surface area contributed by atoms with E-state index in [-0.39, 0.29) is 0 Å². The summed E-state index contributed by atoms with van der Waals surface area (Å²) >= 11 is 1.66. The zero-order valence-corrected chi connectivity index (χ0v) is 13.2. The predicted octanol–water partition coefficient (Wildman–Crippen LogP) is 3.89. The van der Waals surface area contributed by atoms with Crippen molar-refractivity contribution in [3.05, 3.63) is 57.2 Å². The van der Waals surface area contributed by atoms with E-state index in [1.807, 2.05) is 44.2 Å². The monoisotopic (exact) mass is 298 g/mol. The van der Waals surface area contributed by atoms with Crippen LogP contribution in [0.2, 0.25) is 0 Å². The summed E-state index contributed by atoms with van der Waals surface area (Å²) in [7, 11) is 0. The molecule has 0 aliphatic heterocycles. The Hall–Kier alpha value is -1.78. The Morgan fingerprint density at radius 3 is 2.62 bits per heavy atom. The van der Waals surface area contributed by atoms with E-state index < -0.39 is 6.10 Å². The molecule has 3 rings (SSSR count). The molecular formula is C17H18N2OS. The molecule has 3 aromatic rings. The molecule has 2 aromatic heterocycles. The summed E-state index contributed by atoms with van der Waals surface area (Å²) in [6, 6.07) is 9.92. The number of hydrogen-bond acceptors (Lipinski definition) is 4. The summed E-state index contributed by atoms with van der Waals surface area (Å²) in [5, 5.41) is 12.6. The van der Waals surface area contributed by atoms with Crippen LogP contribution in [0.3, 0.4) is 0 Å². The molecular weight excluding hydrogens is 280 g/mol. The maximum absolute atomic E-state index is 10.6. The van der Waals surface area contributed by atoms with Crippen LogP contribution in [-0.2, 0) is 6.42 Å². The highest BCUT2D eigenvalue weighted by atomic mass is 32.1. The molecule has 0 saturated carbocycles. The first-order valence-electron chi connectivity index (χ1n) is 7.02. The fourth-order valence-electron chi connectivity index (χ4n) is 2.52. The molecule has 0 fully saturated rings. The molecule has 0 aliphatic rings. The fourth-order valence-corrected chi connectivity index (χ4v) is 3.49. The smallest absolute Gasteiger partial charge is 0.0960 e. The number of benzene rings is 1. The van der Waals surface area contributed by atoms with E-state index >= 15 is 0 Å². The van der Waals surface area contributed by atoms with Crippen molar-refractivity contribution in [3.8, 4) is 0 Å². The van der Waals surface area contributed by atoms with Gasteiger partial charge in [-0.2, -0.15) is 0 Å². The van der Waals surface area contributed by atoms with E-state index in [4.69, 9.17) is 0 Å². The first-order valence-corrected chi connectivity index (χ1v) is 7.83. The Labute approximate surface area is 128 Å². The van der Waals surface area contributed by atoms with Crippen molar-refractivity contribution in [3.63, 3.8) is 0 Å². The Morgan fingerprint density at radius 1 is 1.14 bits per heavy atom. The van der Waals surface area contributed by atoms with Crippen LogP contribution in [0.4, 0.5) is 0 Å². The highest BCUT2D eigenvalue weighted by molar-refractivity contribution is 7.11. The molecule has 1 aromatic carbocycles. The topological polar surface area (TPSA) is 46.0 Å². The summed E-state index contributed by atoms with van der Waals surface area (Å²) < 4.78 is 0. The quantitative estimate of drug-likeness (QED) is 0.798. The number of aromatic nitrogens is 2. The molecule has 3 nitrogen and oxygen atoms in total. The van der Waals surface area contributed by atoms with Gasteiger partial charge in [-0.1, -0.05) is 18.2 Å². The van der Waals surface area contributed by atoms with Gasteiger partial charge in [-0.15, -0.1) is 11.3 Å². The Bertz CT molecular complexity index is 775. The molecule has 0 bridgehead atoms. The average molecular weight is 298 g/mol. The van der Waals surface area contributed by atoms with Gasteiger partial charge in [0, 0.05) is 22.4 Å². The van der Waals surface area contributed by atoms with Crippen molar-refractivity contribution >= 4 is 22.2 Å². The van der Waals surface area contributed by atoms with Gasteiger partial charge in [0.2, 0.25) is 0 Å². The second-order valence-corrected chi connectivity index (χ2v) is 6.63. The summed E-state index contributed by atoms with van der Waals surface area (Å²) in [6.45, 7) is 6.03. The molecule has 1 atom stereocenters. The van der Waals surface area contributed by atoms with Crippen molar-refractivity contribution in [2.24, 2.45) is 0 Å². The first-order chi connectivity index (χ1) is 10.0. The van der Waals surface area contributed by atoms with Crippen molar-refractivity contribution in [1.29, 1.82) is 0 Å². The van der Waals surface area contributed by atoms with E-state index in [0.717, 1.165) is 32.9 Å². The van der Waals surface area contributed by atoms with Gasteiger partial charge in [0.05, 0.1) is 22.3 Å². The number of aliphatic hydroxyl groups excluding tert-OH is 1. The Kier molecular flexibility index (Phi) is 3.74. The zero-order chi connectivity index (χ0) is 15.0. The van der Waals surface area contributed by atoms with Crippen LogP contribution >= 0.6 is 11.3 Å². The largest absolute Gasteiger partial charge is 0.388 e. The Balaban J connectivity index is 1.99. The van der Waals surface area contributed by atoms with Crippen molar-refractivity contribution < 1.29 is 5.11 Å². The second-order valence-electron chi connectivity index (χ2n) is 5.34. The van der Waals surface area contributed by atoms with E-state index in [1.54, 1.807) is 11.3 Å². The third-order valence-electron chi connectivity index (χ3n) is 3.68. The molecule has 2 heterocycles. The molecule has 1 N–H and O–H groups in total. The van der Waals surface area contributed by atoms with Gasteiger partial charge in [-0.25, -0.2) is 4.98 Å². The number of aliphatic hydroxyl groups is 1. The minimum Gasteiger partial charge on any atom is -0.388 e. The van der Waals surface area contributed by atoms with Crippen molar-refractivity contribution in [2.45, 2.75) is 33.3 Å². The summed E-state index contributed by atoms with van der Waals surface area (Å²) in [4.78, 5) is 10.3. The highest BCUT2D eigenvalue weighted by Gasteiger charge is 2.16. The fraction of sp³-hybridized carbons (Fsp3) is 0.294. The predicted molar refractivity (Wildman–Crippen MR) is 86.7 cm³/mol. The maximum Gasteiger partial charge on any atom is 0.0960 e. The number of hydrogen-bond donors (Lipinski definition) is 1. The number of aryl methyl sites for hydroxylation is 3. The van der Waals surface area contributed by atoms with Crippen LogP contribution in [0.15, 0.2) is 30.3 Å². The highest BCUT2D eigenvalue weighted by Crippen LogP contribution is 2.28. The molecule has 4 heteroatoms. The van der Waals surface area contributed by atoms with Crippen LogP contribution in [0.25, 0.3) is 10.9 Å². The molecule has 0 saturated heterocycles. The second kappa shape index (κ2) is 5.54. The van der Waals surface area contributed by atoms with Crippen LogP contribution in [0.5, 0.6) is 0 Å². The lowest BCUT2D eigenvalue weighted by Gasteiger charge is -2.13. The van der Waals surface area contributed by atoms with Crippen LogP contribution in [0, 0.1) is 20.8 Å². The number of rotatable bonds is 3. The summed E-state index contributed by atoms with van der Waals surface area (Å²) in [5.41, 5.74) is 3.84. The number of para-hydroxylation sites is 1. The third-order valence-corrected chi connectivity index (χ3v) is 4.77. The molecule has 1 unspecified atom stereocenters. The van der Waals surface area contributed by atoms with Crippen LogP contribution in [0.1, 0.15) is 32.9 Å². The third kappa shape index (κ3) is 2.82. The van der Waals surface area contributed by atoms with Gasteiger partial charge >= 0.3 is 0 Å². The molecule has 21 heavy (non-hydrogen) atoms. The van der Waals surface area contributed by atoms with E-state index in [2.05, 4.69) is 16.9 Å². The number of thiazole rings is 1. The van der Waals surface area contributed by atoms with Gasteiger partial charge in [0.15, 0.2) is 0 Å². The minimum atomic E-state index is -0.554. The molecule has 0 amide bonds. The van der Waals surface area contributed by atoms with Crippen molar-refractivity contribution in [2.75, 3.05) is 0 Å². The number of pyridine rings is 1. The minimum absolute atomic E-state index is 0.548. The first kappa shape index (κ1) is 14.2. The van der Waals surface area contributed by atoms with E-state index in [1.165, 1.54) is 4.88 Å². The Morgan fingerprint density at radius 2 is 1.90 bits per heavy atom. The van der Waals surface area contributed by atoms with Gasteiger partial charge in [-0.3, -0.25) is 4.98 Å². The lowest BCUT2D eigenvalue weighted by Crippen LogP contribution is -2.04. The van der Waals surface area contributed by atoms with Crippen molar-refractivity contribution in [1.82, 2.24) is 9.97 Å². The van der Waals surface area contributed by atoms with E-state index in [9.17, 15) is 5.11 Å².